The number of nitrogens with zero attached hydrogens (tertiary/aromatic N) is 4. The van der Waals surface area contributed by atoms with Crippen LogP contribution < -0.4 is 0 Å². The molecule has 0 bridgehead atoms. The number of carbonyl (C=O) groups excluding carboxylic acids is 2. The maximum Gasteiger partial charge on any atom is 0.410 e. The minimum Gasteiger partial charge on any atom is -0.444 e. The first-order chi connectivity index (χ1) is 19.2. The van der Waals surface area contributed by atoms with E-state index < -0.39 is 11.2 Å². The molecule has 3 aliphatic carbocycles. The van der Waals surface area contributed by atoms with E-state index >= 15 is 0 Å². The van der Waals surface area contributed by atoms with E-state index in [-0.39, 0.29) is 35.6 Å². The van der Waals surface area contributed by atoms with E-state index in [0.29, 0.717) is 18.4 Å². The molecule has 224 valence electrons. The lowest BCUT2D eigenvalue weighted by molar-refractivity contribution is 0.0178. The molecule has 0 N–H and O–H groups in total. The Morgan fingerprint density at radius 2 is 1.56 bits per heavy atom. The van der Waals surface area contributed by atoms with Gasteiger partial charge in [-0.3, -0.25) is 0 Å². The zero-order valence-electron chi connectivity index (χ0n) is 25.7. The van der Waals surface area contributed by atoms with E-state index in [0.717, 1.165) is 50.8 Å². The summed E-state index contributed by atoms with van der Waals surface area (Å²) in [5.41, 5.74) is -0.148. The highest BCUT2D eigenvalue weighted by Crippen LogP contribution is 2.52. The predicted molar refractivity (Wildman–Crippen MR) is 155 cm³/mol. The number of benzene rings is 1. The van der Waals surface area contributed by atoms with Crippen LogP contribution in [0.1, 0.15) is 116 Å². The van der Waals surface area contributed by atoms with Crippen molar-refractivity contribution in [2.24, 2.45) is 0 Å². The fourth-order valence-electron chi connectivity index (χ4n) is 5.96. The van der Waals surface area contributed by atoms with Gasteiger partial charge in [-0.25, -0.2) is 9.59 Å². The van der Waals surface area contributed by atoms with Gasteiger partial charge in [-0.1, -0.05) is 35.5 Å². The smallest absolute Gasteiger partial charge is 0.410 e. The number of hydrogen-bond acceptors (Lipinski definition) is 7. The maximum absolute atomic E-state index is 13.4. The molecule has 0 spiro atoms. The van der Waals surface area contributed by atoms with Crippen molar-refractivity contribution in [2.75, 3.05) is 13.6 Å². The Kier molecular flexibility index (Phi) is 7.85. The van der Waals surface area contributed by atoms with Crippen LogP contribution in [0.4, 0.5) is 9.59 Å². The Balaban J connectivity index is 1.23. The van der Waals surface area contributed by atoms with Gasteiger partial charge in [-0.2, -0.15) is 4.98 Å². The molecule has 0 unspecified atom stereocenters. The van der Waals surface area contributed by atoms with E-state index in [1.165, 1.54) is 5.56 Å². The quantitative estimate of drug-likeness (QED) is 0.364. The fraction of sp³-hybridized carbons (Fsp3) is 0.688. The second-order valence-electron chi connectivity index (χ2n) is 14.3. The van der Waals surface area contributed by atoms with Gasteiger partial charge in [0.15, 0.2) is 5.82 Å². The minimum absolute atomic E-state index is 0.101. The first kappa shape index (κ1) is 29.4. The Labute approximate surface area is 243 Å². The summed E-state index contributed by atoms with van der Waals surface area (Å²) in [6.45, 7) is 11.9. The molecule has 41 heavy (non-hydrogen) atoms. The topological polar surface area (TPSA) is 98.0 Å². The number of aromatic nitrogens is 2. The van der Waals surface area contributed by atoms with Gasteiger partial charge in [-0.15, -0.1) is 0 Å². The average molecular weight is 567 g/mol. The molecule has 9 heteroatoms. The summed E-state index contributed by atoms with van der Waals surface area (Å²) in [6, 6.07) is 10.6. The fourth-order valence-corrected chi connectivity index (χ4v) is 5.96. The summed E-state index contributed by atoms with van der Waals surface area (Å²) in [5, 5.41) is 4.41. The molecule has 3 saturated carbocycles. The zero-order valence-corrected chi connectivity index (χ0v) is 25.7. The largest absolute Gasteiger partial charge is 0.444 e. The molecule has 3 aliphatic rings. The Bertz CT molecular complexity index is 1220. The van der Waals surface area contributed by atoms with Crippen molar-refractivity contribution in [3.63, 3.8) is 0 Å². The maximum atomic E-state index is 13.4. The molecule has 0 saturated heterocycles. The van der Waals surface area contributed by atoms with Crippen molar-refractivity contribution >= 4 is 12.2 Å². The number of rotatable bonds is 7. The number of ether oxygens (including phenoxy) is 2. The van der Waals surface area contributed by atoms with E-state index in [1.807, 2.05) is 71.7 Å². The predicted octanol–water partition coefficient (Wildman–Crippen LogP) is 6.79. The molecule has 2 atom stereocenters. The van der Waals surface area contributed by atoms with Crippen LogP contribution in [0.2, 0.25) is 0 Å². The van der Waals surface area contributed by atoms with Crippen LogP contribution in [0.5, 0.6) is 0 Å². The van der Waals surface area contributed by atoms with Crippen LogP contribution >= 0.6 is 0 Å². The third-order valence-electron chi connectivity index (χ3n) is 8.53. The molecule has 1 heterocycles. The van der Waals surface area contributed by atoms with Gasteiger partial charge in [-0.05, 0) is 92.1 Å². The highest BCUT2D eigenvalue weighted by atomic mass is 16.6. The van der Waals surface area contributed by atoms with Crippen molar-refractivity contribution in [3.05, 3.63) is 47.6 Å². The second kappa shape index (κ2) is 11.0. The van der Waals surface area contributed by atoms with Crippen LogP contribution in [-0.2, 0) is 14.9 Å². The second-order valence-corrected chi connectivity index (χ2v) is 14.3. The van der Waals surface area contributed by atoms with Gasteiger partial charge in [0.1, 0.15) is 11.2 Å². The summed E-state index contributed by atoms with van der Waals surface area (Å²) in [4.78, 5) is 34.5. The first-order valence-electron chi connectivity index (χ1n) is 15.1. The molecule has 0 aliphatic heterocycles. The number of carbonyl (C=O) groups is 2. The van der Waals surface area contributed by atoms with Crippen LogP contribution in [0.15, 0.2) is 34.9 Å². The standard InChI is InChI=1S/C32H46N4O5/c1-30(2,3)39-28(37)35(7)23-15-13-22(14-16-23)26-33-27(41-34-26)32(17-18-32)20-36(29(38)40-31(4,5)6)25-19-24(25)21-11-9-8-10-12-21/h8-12,22-25H,13-20H2,1-7H3/t22?,23?,24-,25+/m0/s1. The van der Waals surface area contributed by atoms with E-state index in [4.69, 9.17) is 19.0 Å². The van der Waals surface area contributed by atoms with Gasteiger partial charge in [0.05, 0.1) is 5.41 Å². The normalized spacial score (nSPS) is 25.2. The summed E-state index contributed by atoms with van der Waals surface area (Å²) in [5.74, 6) is 1.87. The van der Waals surface area contributed by atoms with Crippen LogP contribution in [0, 0.1) is 0 Å². The van der Waals surface area contributed by atoms with E-state index in [2.05, 4.69) is 17.3 Å². The van der Waals surface area contributed by atoms with Gasteiger partial charge in [0.2, 0.25) is 5.89 Å². The lowest BCUT2D eigenvalue weighted by atomic mass is 9.85. The molecule has 1 aromatic carbocycles. The number of amides is 2. The summed E-state index contributed by atoms with van der Waals surface area (Å²) >= 11 is 0. The lowest BCUT2D eigenvalue weighted by Gasteiger charge is -2.34. The minimum atomic E-state index is -0.572. The molecule has 3 fully saturated rings. The molecular weight excluding hydrogens is 520 g/mol. The van der Waals surface area contributed by atoms with E-state index in [9.17, 15) is 9.59 Å². The van der Waals surface area contributed by atoms with Gasteiger partial charge < -0.3 is 23.8 Å². The molecule has 5 rings (SSSR count). The van der Waals surface area contributed by atoms with Crippen LogP contribution in [0.3, 0.4) is 0 Å². The molecule has 9 nitrogen and oxygen atoms in total. The monoisotopic (exact) mass is 566 g/mol. The van der Waals surface area contributed by atoms with Gasteiger partial charge >= 0.3 is 12.2 Å². The molecule has 1 aromatic heterocycles. The van der Waals surface area contributed by atoms with E-state index in [1.54, 1.807) is 4.90 Å². The van der Waals surface area contributed by atoms with Crippen molar-refractivity contribution in [3.8, 4) is 0 Å². The highest BCUT2D eigenvalue weighted by molar-refractivity contribution is 5.70. The zero-order chi connectivity index (χ0) is 29.6. The number of hydrogen-bond donors (Lipinski definition) is 0. The summed E-state index contributed by atoms with van der Waals surface area (Å²) in [7, 11) is 1.82. The lowest BCUT2D eigenvalue weighted by Crippen LogP contribution is -2.43. The molecule has 2 aromatic rings. The third kappa shape index (κ3) is 7.04. The Hall–Kier alpha value is -3.10. The SMILES string of the molecule is CN(C(=O)OC(C)(C)C)C1CCC(c2noc(C3(CN(C(=O)OC(C)(C)C)[C@@H]4C[C@H]4c4ccccc4)CC3)n2)CC1. The van der Waals surface area contributed by atoms with Crippen molar-refractivity contribution < 1.29 is 23.6 Å². The summed E-state index contributed by atoms with van der Waals surface area (Å²) < 4.78 is 17.3. The van der Waals surface area contributed by atoms with Crippen LogP contribution in [0.25, 0.3) is 0 Å². The summed E-state index contributed by atoms with van der Waals surface area (Å²) in [6.07, 6.45) is 5.68. The Morgan fingerprint density at radius 1 is 0.951 bits per heavy atom. The molecular formula is C32H46N4O5. The molecule has 0 radical (unpaired) electrons. The highest BCUT2D eigenvalue weighted by Gasteiger charge is 2.56. The van der Waals surface area contributed by atoms with Crippen molar-refractivity contribution in [1.29, 1.82) is 0 Å². The van der Waals surface area contributed by atoms with Crippen molar-refractivity contribution in [1.82, 2.24) is 19.9 Å². The van der Waals surface area contributed by atoms with Crippen molar-refractivity contribution in [2.45, 2.75) is 127 Å². The Morgan fingerprint density at radius 3 is 2.15 bits per heavy atom. The van der Waals surface area contributed by atoms with Gasteiger partial charge in [0.25, 0.3) is 0 Å². The molecule has 2 amide bonds. The van der Waals surface area contributed by atoms with Crippen LogP contribution in [-0.4, -0.2) is 69.0 Å². The first-order valence-corrected chi connectivity index (χ1v) is 15.1. The average Bonchev–Trinajstić information content (AvgIpc) is 3.82. The third-order valence-corrected chi connectivity index (χ3v) is 8.53. The van der Waals surface area contributed by atoms with Gasteiger partial charge in [0, 0.05) is 37.5 Å².